The van der Waals surface area contributed by atoms with Crippen molar-refractivity contribution in [1.29, 1.82) is 0 Å². The van der Waals surface area contributed by atoms with Gasteiger partial charge in [-0.25, -0.2) is 5.43 Å². The van der Waals surface area contributed by atoms with Crippen molar-refractivity contribution >= 4 is 37.8 Å². The Hall–Kier alpha value is -1.21. The molecule has 0 aromatic heterocycles. The molecule has 1 amide bonds. The van der Waals surface area contributed by atoms with Gasteiger partial charge in [0.05, 0.1) is 12.0 Å². The summed E-state index contributed by atoms with van der Waals surface area (Å²) in [5.41, 5.74) is 8.47. The van der Waals surface area contributed by atoms with Gasteiger partial charge in [-0.2, -0.15) is 0 Å². The fourth-order valence-corrected chi connectivity index (χ4v) is 3.36. The molecular weight excluding hydrogens is 422 g/mol. The van der Waals surface area contributed by atoms with E-state index in [4.69, 9.17) is 0 Å². The predicted molar refractivity (Wildman–Crippen MR) is 97.5 cm³/mol. The number of carbonyl (C=O) groups excluding carboxylic acids is 1. The van der Waals surface area contributed by atoms with Crippen LogP contribution in [0.3, 0.4) is 0 Å². The van der Waals surface area contributed by atoms with Crippen molar-refractivity contribution in [2.24, 2.45) is 5.92 Å². The lowest BCUT2D eigenvalue weighted by molar-refractivity contribution is -0.125. The van der Waals surface area contributed by atoms with Gasteiger partial charge in [0.1, 0.15) is 0 Å². The molecule has 1 heterocycles. The van der Waals surface area contributed by atoms with Crippen LogP contribution in [0.15, 0.2) is 57.5 Å². The SMILES string of the molecule is O=C(NCc1ccc(Br)cc1)C1CNNC1c1cccc(Br)c1. The van der Waals surface area contributed by atoms with Crippen molar-refractivity contribution in [1.82, 2.24) is 16.2 Å². The van der Waals surface area contributed by atoms with Crippen molar-refractivity contribution in [3.8, 4) is 0 Å². The zero-order chi connectivity index (χ0) is 16.2. The molecule has 1 aliphatic rings. The van der Waals surface area contributed by atoms with Gasteiger partial charge in [-0.3, -0.25) is 10.2 Å². The molecule has 3 N–H and O–H groups in total. The van der Waals surface area contributed by atoms with Crippen LogP contribution in [0.4, 0.5) is 0 Å². The molecule has 0 spiro atoms. The van der Waals surface area contributed by atoms with Crippen LogP contribution in [0.5, 0.6) is 0 Å². The number of carbonyl (C=O) groups is 1. The van der Waals surface area contributed by atoms with E-state index in [-0.39, 0.29) is 17.9 Å². The summed E-state index contributed by atoms with van der Waals surface area (Å²) in [5, 5.41) is 3.03. The molecule has 0 bridgehead atoms. The molecule has 4 nitrogen and oxygen atoms in total. The van der Waals surface area contributed by atoms with Crippen LogP contribution in [-0.2, 0) is 11.3 Å². The van der Waals surface area contributed by atoms with Crippen LogP contribution < -0.4 is 16.2 Å². The lowest BCUT2D eigenvalue weighted by Crippen LogP contribution is -2.34. The number of rotatable bonds is 4. The highest BCUT2D eigenvalue weighted by Gasteiger charge is 2.33. The molecule has 3 rings (SSSR count). The summed E-state index contributed by atoms with van der Waals surface area (Å²) in [6.45, 7) is 1.15. The smallest absolute Gasteiger partial charge is 0.226 e. The van der Waals surface area contributed by atoms with E-state index in [2.05, 4.69) is 48.0 Å². The van der Waals surface area contributed by atoms with Crippen molar-refractivity contribution in [3.63, 3.8) is 0 Å². The Kier molecular flexibility index (Phi) is 5.48. The molecular formula is C17H17Br2N3O. The number of hydrogen-bond acceptors (Lipinski definition) is 3. The van der Waals surface area contributed by atoms with Crippen LogP contribution in [0, 0.1) is 5.92 Å². The molecule has 2 atom stereocenters. The van der Waals surface area contributed by atoms with E-state index < -0.39 is 0 Å². The van der Waals surface area contributed by atoms with Crippen LogP contribution in [0.1, 0.15) is 17.2 Å². The minimum atomic E-state index is -0.139. The Labute approximate surface area is 152 Å². The third kappa shape index (κ3) is 4.20. The molecule has 1 fully saturated rings. The lowest BCUT2D eigenvalue weighted by atomic mass is 9.94. The molecule has 0 saturated carbocycles. The molecule has 2 aromatic carbocycles. The molecule has 1 aliphatic heterocycles. The Morgan fingerprint density at radius 1 is 1.13 bits per heavy atom. The van der Waals surface area contributed by atoms with Crippen LogP contribution in [0.2, 0.25) is 0 Å². The molecule has 0 aliphatic carbocycles. The molecule has 1 saturated heterocycles. The Bertz CT molecular complexity index is 690. The molecule has 2 aromatic rings. The standard InChI is InChI=1S/C17H17Br2N3O/c18-13-6-4-11(5-7-13)9-20-17(23)15-10-21-22-16(15)12-2-1-3-14(19)8-12/h1-8,15-16,21-22H,9-10H2,(H,20,23). The summed E-state index contributed by atoms with van der Waals surface area (Å²) in [4.78, 5) is 12.5. The van der Waals surface area contributed by atoms with E-state index >= 15 is 0 Å². The number of hydrogen-bond donors (Lipinski definition) is 3. The first-order valence-corrected chi connectivity index (χ1v) is 8.98. The Balaban J connectivity index is 1.65. The molecule has 23 heavy (non-hydrogen) atoms. The Morgan fingerprint density at radius 3 is 2.65 bits per heavy atom. The first-order valence-electron chi connectivity index (χ1n) is 7.39. The summed E-state index contributed by atoms with van der Waals surface area (Å²) in [5.74, 6) is -0.0878. The molecule has 0 radical (unpaired) electrons. The fraction of sp³-hybridized carbons (Fsp3) is 0.235. The summed E-state index contributed by atoms with van der Waals surface area (Å²) >= 11 is 6.89. The normalized spacial score (nSPS) is 20.4. The number of halogens is 2. The second kappa shape index (κ2) is 7.57. The van der Waals surface area contributed by atoms with Crippen molar-refractivity contribution in [2.75, 3.05) is 6.54 Å². The zero-order valence-corrected chi connectivity index (χ0v) is 15.5. The van der Waals surface area contributed by atoms with Crippen LogP contribution in [0.25, 0.3) is 0 Å². The first kappa shape index (κ1) is 16.6. The van der Waals surface area contributed by atoms with E-state index in [9.17, 15) is 4.79 Å². The van der Waals surface area contributed by atoms with E-state index in [1.54, 1.807) is 0 Å². The first-order chi connectivity index (χ1) is 11.1. The zero-order valence-electron chi connectivity index (χ0n) is 12.4. The van der Waals surface area contributed by atoms with Gasteiger partial charge in [0.2, 0.25) is 5.91 Å². The topological polar surface area (TPSA) is 53.2 Å². The van der Waals surface area contributed by atoms with Gasteiger partial charge < -0.3 is 5.32 Å². The highest BCUT2D eigenvalue weighted by molar-refractivity contribution is 9.10. The fourth-order valence-electron chi connectivity index (χ4n) is 2.68. The maximum Gasteiger partial charge on any atom is 0.226 e. The minimum Gasteiger partial charge on any atom is -0.352 e. The van der Waals surface area contributed by atoms with Gasteiger partial charge in [0, 0.05) is 22.0 Å². The second-order valence-corrected chi connectivity index (χ2v) is 7.34. The highest BCUT2D eigenvalue weighted by Crippen LogP contribution is 2.27. The second-order valence-electron chi connectivity index (χ2n) is 5.51. The lowest BCUT2D eigenvalue weighted by Gasteiger charge is -2.18. The maximum atomic E-state index is 12.5. The van der Waals surface area contributed by atoms with E-state index in [0.717, 1.165) is 20.1 Å². The van der Waals surface area contributed by atoms with E-state index in [1.807, 2.05) is 48.5 Å². The van der Waals surface area contributed by atoms with E-state index in [0.29, 0.717) is 13.1 Å². The van der Waals surface area contributed by atoms with E-state index in [1.165, 1.54) is 0 Å². The van der Waals surface area contributed by atoms with Crippen molar-refractivity contribution in [2.45, 2.75) is 12.6 Å². The van der Waals surface area contributed by atoms with Gasteiger partial charge in [-0.15, -0.1) is 0 Å². The van der Waals surface area contributed by atoms with Crippen LogP contribution in [-0.4, -0.2) is 12.5 Å². The summed E-state index contributed by atoms with van der Waals surface area (Å²) in [6, 6.07) is 16.0. The average molecular weight is 439 g/mol. The third-order valence-electron chi connectivity index (χ3n) is 3.91. The highest BCUT2D eigenvalue weighted by atomic mass is 79.9. The van der Waals surface area contributed by atoms with Gasteiger partial charge in [-0.05, 0) is 35.4 Å². The predicted octanol–water partition coefficient (Wildman–Crippen LogP) is 3.29. The van der Waals surface area contributed by atoms with Crippen molar-refractivity contribution < 1.29 is 4.79 Å². The number of nitrogens with one attached hydrogen (secondary N) is 3. The maximum absolute atomic E-state index is 12.5. The third-order valence-corrected chi connectivity index (χ3v) is 4.93. The van der Waals surface area contributed by atoms with Gasteiger partial charge in [-0.1, -0.05) is 56.1 Å². The summed E-state index contributed by atoms with van der Waals surface area (Å²) in [7, 11) is 0. The average Bonchev–Trinajstić information content (AvgIpc) is 3.04. The van der Waals surface area contributed by atoms with Crippen molar-refractivity contribution in [3.05, 3.63) is 68.6 Å². The van der Waals surface area contributed by atoms with Gasteiger partial charge in [0.25, 0.3) is 0 Å². The quantitative estimate of drug-likeness (QED) is 0.686. The molecule has 6 heteroatoms. The number of hydrazine groups is 1. The minimum absolute atomic E-state index is 0.0302. The number of benzene rings is 2. The summed E-state index contributed by atoms with van der Waals surface area (Å²) < 4.78 is 2.05. The van der Waals surface area contributed by atoms with Crippen LogP contribution >= 0.6 is 31.9 Å². The summed E-state index contributed by atoms with van der Waals surface area (Å²) in [6.07, 6.45) is 0. The molecule has 120 valence electrons. The van der Waals surface area contributed by atoms with Gasteiger partial charge in [0.15, 0.2) is 0 Å². The number of amides is 1. The monoisotopic (exact) mass is 437 g/mol. The molecule has 2 unspecified atom stereocenters. The largest absolute Gasteiger partial charge is 0.352 e. The Morgan fingerprint density at radius 2 is 1.91 bits per heavy atom. The van der Waals surface area contributed by atoms with Gasteiger partial charge >= 0.3 is 0 Å².